The van der Waals surface area contributed by atoms with E-state index in [1.165, 1.54) is 24.8 Å². The van der Waals surface area contributed by atoms with E-state index < -0.39 is 0 Å². The van der Waals surface area contributed by atoms with Crippen LogP contribution in [0.15, 0.2) is 24.3 Å². The number of rotatable bonds is 4. The summed E-state index contributed by atoms with van der Waals surface area (Å²) in [5.41, 5.74) is 4.53. The van der Waals surface area contributed by atoms with Gasteiger partial charge >= 0.3 is 0 Å². The number of benzene rings is 1. The smallest absolute Gasteiger partial charge is 0.136 e. The van der Waals surface area contributed by atoms with Crippen molar-refractivity contribution in [3.63, 3.8) is 0 Å². The fourth-order valence-electron chi connectivity index (χ4n) is 2.80. The van der Waals surface area contributed by atoms with Crippen LogP contribution in [0.2, 0.25) is 5.15 Å². The van der Waals surface area contributed by atoms with E-state index in [-0.39, 0.29) is 0 Å². The molecule has 0 unspecified atom stereocenters. The first kappa shape index (κ1) is 14.5. The lowest BCUT2D eigenvalue weighted by Crippen LogP contribution is -2.08. The first-order valence-corrected chi connectivity index (χ1v) is 8.20. The Hall–Kier alpha value is -1.41. The van der Waals surface area contributed by atoms with Crippen LogP contribution in [0.5, 0.6) is 0 Å². The summed E-state index contributed by atoms with van der Waals surface area (Å²) in [5.74, 6) is 1.61. The van der Waals surface area contributed by atoms with Crippen LogP contribution in [0.25, 0.3) is 11.3 Å². The first-order chi connectivity index (χ1) is 10.2. The van der Waals surface area contributed by atoms with Crippen LogP contribution in [0.3, 0.4) is 0 Å². The molecule has 1 aliphatic rings. The number of nitrogens with zero attached hydrogens (tertiary/aromatic N) is 2. The van der Waals surface area contributed by atoms with Crippen LogP contribution < -0.4 is 0 Å². The van der Waals surface area contributed by atoms with Crippen molar-refractivity contribution in [1.82, 2.24) is 9.97 Å². The van der Waals surface area contributed by atoms with Crippen LogP contribution in [0.1, 0.15) is 55.5 Å². The summed E-state index contributed by atoms with van der Waals surface area (Å²) in [7, 11) is 0. The molecule has 3 rings (SSSR count). The molecule has 1 fully saturated rings. The molecule has 0 amide bonds. The van der Waals surface area contributed by atoms with Crippen LogP contribution >= 0.6 is 11.6 Å². The molecule has 0 saturated heterocycles. The standard InChI is InChI=1S/C18H21ClN2/c1-3-5-16-20-17(12(2)18(19)21-16)15-10-8-14(9-11-15)13-6-4-7-13/h8-11,13H,3-7H2,1-2H3. The van der Waals surface area contributed by atoms with Gasteiger partial charge in [-0.1, -0.05) is 49.2 Å². The van der Waals surface area contributed by atoms with E-state index in [0.717, 1.165) is 41.4 Å². The molecule has 2 aromatic rings. The van der Waals surface area contributed by atoms with Gasteiger partial charge in [0.25, 0.3) is 0 Å². The van der Waals surface area contributed by atoms with Gasteiger partial charge in [-0.3, -0.25) is 0 Å². The van der Waals surface area contributed by atoms with Crippen molar-refractivity contribution in [3.8, 4) is 11.3 Å². The number of halogens is 1. The molecular formula is C18H21ClN2. The van der Waals surface area contributed by atoms with Gasteiger partial charge in [0.2, 0.25) is 0 Å². The minimum atomic E-state index is 0.575. The SMILES string of the molecule is CCCc1nc(Cl)c(C)c(-c2ccc(C3CCC3)cc2)n1. The minimum absolute atomic E-state index is 0.575. The lowest BCUT2D eigenvalue weighted by molar-refractivity contribution is 0.420. The van der Waals surface area contributed by atoms with Gasteiger partial charge in [-0.05, 0) is 37.7 Å². The minimum Gasteiger partial charge on any atom is -0.233 e. The molecule has 1 saturated carbocycles. The zero-order chi connectivity index (χ0) is 14.8. The molecule has 0 spiro atoms. The fraction of sp³-hybridized carbons (Fsp3) is 0.444. The number of aromatic nitrogens is 2. The molecule has 0 N–H and O–H groups in total. The Morgan fingerprint density at radius 1 is 1.14 bits per heavy atom. The Kier molecular flexibility index (Phi) is 4.25. The van der Waals surface area contributed by atoms with Crippen molar-refractivity contribution in [1.29, 1.82) is 0 Å². The maximum Gasteiger partial charge on any atom is 0.136 e. The molecule has 0 radical (unpaired) electrons. The van der Waals surface area contributed by atoms with Crippen molar-refractivity contribution >= 4 is 11.6 Å². The van der Waals surface area contributed by atoms with E-state index in [2.05, 4.69) is 36.2 Å². The zero-order valence-corrected chi connectivity index (χ0v) is 13.5. The van der Waals surface area contributed by atoms with Crippen molar-refractivity contribution in [3.05, 3.63) is 46.4 Å². The van der Waals surface area contributed by atoms with E-state index in [0.29, 0.717) is 5.15 Å². The van der Waals surface area contributed by atoms with Gasteiger partial charge in [-0.2, -0.15) is 0 Å². The molecule has 1 aromatic carbocycles. The molecule has 110 valence electrons. The third kappa shape index (κ3) is 2.96. The number of hydrogen-bond donors (Lipinski definition) is 0. The zero-order valence-electron chi connectivity index (χ0n) is 12.7. The maximum absolute atomic E-state index is 6.27. The number of hydrogen-bond acceptors (Lipinski definition) is 2. The molecule has 0 aliphatic heterocycles. The van der Waals surface area contributed by atoms with Gasteiger partial charge in [0.15, 0.2) is 0 Å². The number of aryl methyl sites for hydroxylation is 1. The van der Waals surface area contributed by atoms with Gasteiger partial charge in [-0.15, -0.1) is 0 Å². The Balaban J connectivity index is 1.94. The summed E-state index contributed by atoms with van der Waals surface area (Å²) in [6.45, 7) is 4.12. The second kappa shape index (κ2) is 6.15. The predicted molar refractivity (Wildman–Crippen MR) is 87.8 cm³/mol. The van der Waals surface area contributed by atoms with E-state index in [1.54, 1.807) is 0 Å². The quantitative estimate of drug-likeness (QED) is 0.714. The van der Waals surface area contributed by atoms with Gasteiger partial charge in [0.1, 0.15) is 11.0 Å². The average molecular weight is 301 g/mol. The Labute approximate surface area is 131 Å². The van der Waals surface area contributed by atoms with Crippen LogP contribution in [0.4, 0.5) is 0 Å². The average Bonchev–Trinajstić information content (AvgIpc) is 2.42. The highest BCUT2D eigenvalue weighted by molar-refractivity contribution is 6.30. The summed E-state index contributed by atoms with van der Waals surface area (Å²) in [5, 5.41) is 0.575. The summed E-state index contributed by atoms with van der Waals surface area (Å²) >= 11 is 6.27. The summed E-state index contributed by atoms with van der Waals surface area (Å²) in [4.78, 5) is 9.08. The van der Waals surface area contributed by atoms with E-state index >= 15 is 0 Å². The molecule has 0 bridgehead atoms. The Bertz CT molecular complexity index is 630. The van der Waals surface area contributed by atoms with Crippen molar-refractivity contribution in [2.75, 3.05) is 0 Å². The van der Waals surface area contributed by atoms with Gasteiger partial charge in [-0.25, -0.2) is 9.97 Å². The molecule has 2 nitrogen and oxygen atoms in total. The van der Waals surface area contributed by atoms with E-state index in [1.807, 2.05) is 6.92 Å². The largest absolute Gasteiger partial charge is 0.233 e. The molecule has 0 atom stereocenters. The molecule has 3 heteroatoms. The predicted octanol–water partition coefficient (Wildman–Crippen LogP) is 5.33. The second-order valence-corrected chi connectivity index (χ2v) is 6.26. The third-order valence-corrected chi connectivity index (χ3v) is 4.74. The van der Waals surface area contributed by atoms with Crippen molar-refractivity contribution < 1.29 is 0 Å². The summed E-state index contributed by atoms with van der Waals surface area (Å²) in [6, 6.07) is 8.84. The maximum atomic E-state index is 6.27. The fourth-order valence-corrected chi connectivity index (χ4v) is 2.99. The molecule has 1 aliphatic carbocycles. The van der Waals surface area contributed by atoms with Crippen LogP contribution in [-0.2, 0) is 6.42 Å². The van der Waals surface area contributed by atoms with Crippen molar-refractivity contribution in [2.45, 2.75) is 51.9 Å². The molecule has 1 aromatic heterocycles. The monoisotopic (exact) mass is 300 g/mol. The van der Waals surface area contributed by atoms with Gasteiger partial charge in [0, 0.05) is 17.5 Å². The van der Waals surface area contributed by atoms with E-state index in [4.69, 9.17) is 16.6 Å². The highest BCUT2D eigenvalue weighted by Crippen LogP contribution is 2.37. The molecular weight excluding hydrogens is 280 g/mol. The lowest BCUT2D eigenvalue weighted by atomic mass is 9.80. The highest BCUT2D eigenvalue weighted by Gasteiger charge is 2.19. The topological polar surface area (TPSA) is 25.8 Å². The van der Waals surface area contributed by atoms with Gasteiger partial charge < -0.3 is 0 Å². The third-order valence-electron chi connectivity index (χ3n) is 4.37. The van der Waals surface area contributed by atoms with E-state index in [9.17, 15) is 0 Å². The van der Waals surface area contributed by atoms with Crippen LogP contribution in [-0.4, -0.2) is 9.97 Å². The molecule has 21 heavy (non-hydrogen) atoms. The second-order valence-electron chi connectivity index (χ2n) is 5.90. The Morgan fingerprint density at radius 2 is 1.86 bits per heavy atom. The Morgan fingerprint density at radius 3 is 2.43 bits per heavy atom. The van der Waals surface area contributed by atoms with Crippen LogP contribution in [0, 0.1) is 6.92 Å². The normalized spacial score (nSPS) is 15.0. The summed E-state index contributed by atoms with van der Waals surface area (Å²) in [6.07, 6.45) is 5.93. The first-order valence-electron chi connectivity index (χ1n) is 7.82. The van der Waals surface area contributed by atoms with Crippen molar-refractivity contribution in [2.24, 2.45) is 0 Å². The highest BCUT2D eigenvalue weighted by atomic mass is 35.5. The van der Waals surface area contributed by atoms with Gasteiger partial charge in [0.05, 0.1) is 5.69 Å². The lowest BCUT2D eigenvalue weighted by Gasteiger charge is -2.25. The summed E-state index contributed by atoms with van der Waals surface area (Å²) < 4.78 is 0. The molecule has 1 heterocycles.